The molecule has 0 saturated carbocycles. The molecule has 1 aromatic carbocycles. The molecule has 2 rings (SSSR count). The number of amides is 2. The molecule has 0 aliphatic carbocycles. The Morgan fingerprint density at radius 3 is 2.46 bits per heavy atom. The molecule has 0 spiro atoms. The topological polar surface area (TPSA) is 160 Å². The zero-order chi connectivity index (χ0) is 26.2. The maximum Gasteiger partial charge on any atom is 0.427 e. The van der Waals surface area contributed by atoms with Gasteiger partial charge >= 0.3 is 12.1 Å². The second-order valence-corrected chi connectivity index (χ2v) is 10.1. The minimum Gasteiger partial charge on any atom is -0.426 e. The van der Waals surface area contributed by atoms with Crippen LogP contribution >= 0.6 is 0 Å². The monoisotopic (exact) mass is 508 g/mol. The van der Waals surface area contributed by atoms with Crippen molar-refractivity contribution in [1.29, 1.82) is 5.26 Å². The first-order valence-corrected chi connectivity index (χ1v) is 12.9. The molecule has 11 nitrogen and oxygen atoms in total. The van der Waals surface area contributed by atoms with E-state index in [0.717, 1.165) is 12.5 Å². The maximum absolute atomic E-state index is 13.7. The van der Waals surface area contributed by atoms with Crippen LogP contribution in [-0.2, 0) is 29.1 Å². The predicted octanol–water partition coefficient (Wildman–Crippen LogP) is 2.04. The first kappa shape index (κ1) is 28.1. The number of hydrogen-bond donors (Lipinski definition) is 1. The zero-order valence-electron chi connectivity index (χ0n) is 20.2. The van der Waals surface area contributed by atoms with Crippen molar-refractivity contribution in [2.45, 2.75) is 76.1 Å². The summed E-state index contributed by atoms with van der Waals surface area (Å²) in [5, 5.41) is 9.46. The van der Waals surface area contributed by atoms with Crippen molar-refractivity contribution >= 4 is 28.0 Å². The molecule has 1 aliphatic heterocycles. The Balaban J connectivity index is 2.55. The Labute approximate surface area is 205 Å². The van der Waals surface area contributed by atoms with Gasteiger partial charge in [0.25, 0.3) is 10.0 Å². The number of carbonyl (C=O) groups excluding carboxylic acids is 3. The van der Waals surface area contributed by atoms with Crippen LogP contribution in [0.15, 0.2) is 29.2 Å². The van der Waals surface area contributed by atoms with Gasteiger partial charge in [-0.2, -0.15) is 9.57 Å². The number of benzene rings is 1. The van der Waals surface area contributed by atoms with Crippen LogP contribution in [0.4, 0.5) is 4.79 Å². The molecule has 2 amide bonds. The largest absolute Gasteiger partial charge is 0.427 e. The molecule has 192 valence electrons. The number of likely N-dealkylation sites (tertiary alicyclic amines) is 1. The number of nitriles is 1. The van der Waals surface area contributed by atoms with E-state index in [1.807, 2.05) is 0 Å². The van der Waals surface area contributed by atoms with E-state index in [9.17, 15) is 28.1 Å². The van der Waals surface area contributed by atoms with Crippen LogP contribution in [0.1, 0.15) is 51.5 Å². The molecule has 1 unspecified atom stereocenters. The molecular formula is C23H32N4O7S. The highest BCUT2D eigenvalue weighted by Crippen LogP contribution is 2.27. The molecule has 0 radical (unpaired) electrons. The van der Waals surface area contributed by atoms with Crippen molar-refractivity contribution in [2.24, 2.45) is 5.73 Å². The Kier molecular flexibility index (Phi) is 10.0. The lowest BCUT2D eigenvalue weighted by Gasteiger charge is -2.33. The number of hydrogen-bond acceptors (Lipinski definition) is 9. The summed E-state index contributed by atoms with van der Waals surface area (Å²) in [6.45, 7) is 4.72. The number of aryl methyl sites for hydroxylation is 1. The number of sulfonamides is 1. The first-order valence-electron chi connectivity index (χ1n) is 11.4. The van der Waals surface area contributed by atoms with Crippen LogP contribution in [0.25, 0.3) is 0 Å². The minimum absolute atomic E-state index is 0.0210. The van der Waals surface area contributed by atoms with Crippen molar-refractivity contribution in [3.63, 3.8) is 0 Å². The van der Waals surface area contributed by atoms with E-state index in [4.69, 9.17) is 15.2 Å². The quantitative estimate of drug-likeness (QED) is 0.283. The predicted molar refractivity (Wildman–Crippen MR) is 125 cm³/mol. The lowest BCUT2D eigenvalue weighted by Crippen LogP contribution is -2.54. The van der Waals surface area contributed by atoms with E-state index in [-0.39, 0.29) is 17.9 Å². The van der Waals surface area contributed by atoms with E-state index >= 15 is 0 Å². The van der Waals surface area contributed by atoms with Crippen molar-refractivity contribution < 1.29 is 32.3 Å². The Hall–Kier alpha value is -3.17. The van der Waals surface area contributed by atoms with Gasteiger partial charge in [-0.3, -0.25) is 9.59 Å². The van der Waals surface area contributed by atoms with Crippen molar-refractivity contribution in [3.05, 3.63) is 29.8 Å². The van der Waals surface area contributed by atoms with Gasteiger partial charge in [0.15, 0.2) is 0 Å². The van der Waals surface area contributed by atoms with E-state index in [1.165, 1.54) is 24.0 Å². The molecule has 1 aromatic rings. The van der Waals surface area contributed by atoms with Gasteiger partial charge in [0.2, 0.25) is 12.2 Å². The molecule has 1 heterocycles. The molecule has 0 aromatic heterocycles. The van der Waals surface area contributed by atoms with Crippen LogP contribution in [0.5, 0.6) is 0 Å². The summed E-state index contributed by atoms with van der Waals surface area (Å²) >= 11 is 0. The molecule has 2 N–H and O–H groups in total. The second-order valence-electron chi connectivity index (χ2n) is 8.29. The van der Waals surface area contributed by atoms with Crippen LogP contribution in [-0.4, -0.2) is 67.1 Å². The number of unbranched alkanes of at least 4 members (excludes halogenated alkanes) is 1. The molecular weight excluding hydrogens is 476 g/mol. The fourth-order valence-electron chi connectivity index (χ4n) is 3.85. The average molecular weight is 509 g/mol. The van der Waals surface area contributed by atoms with E-state index < -0.39 is 46.4 Å². The van der Waals surface area contributed by atoms with E-state index in [1.54, 1.807) is 19.1 Å². The Morgan fingerprint density at radius 2 is 1.89 bits per heavy atom. The minimum atomic E-state index is -4.57. The zero-order valence-corrected chi connectivity index (χ0v) is 21.0. The van der Waals surface area contributed by atoms with Gasteiger partial charge in [-0.05, 0) is 57.7 Å². The summed E-state index contributed by atoms with van der Waals surface area (Å²) in [6.07, 6.45) is -0.901. The summed E-state index contributed by atoms with van der Waals surface area (Å²) in [7, 11) is -4.57. The summed E-state index contributed by atoms with van der Waals surface area (Å²) < 4.78 is 37.7. The molecule has 1 aliphatic rings. The summed E-state index contributed by atoms with van der Waals surface area (Å²) in [6, 6.07) is 5.65. The number of ether oxygens (including phenoxy) is 2. The highest BCUT2D eigenvalue weighted by Gasteiger charge is 2.44. The third kappa shape index (κ3) is 7.16. The van der Waals surface area contributed by atoms with Crippen molar-refractivity contribution in [2.75, 3.05) is 13.1 Å². The van der Waals surface area contributed by atoms with Gasteiger partial charge in [0.1, 0.15) is 12.1 Å². The van der Waals surface area contributed by atoms with Gasteiger partial charge in [0, 0.05) is 20.4 Å². The lowest BCUT2D eigenvalue weighted by molar-refractivity contribution is -0.163. The molecule has 1 saturated heterocycles. The Bertz CT molecular complexity index is 1050. The fourth-order valence-corrected chi connectivity index (χ4v) is 5.32. The average Bonchev–Trinajstić information content (AvgIpc) is 3.26. The third-order valence-electron chi connectivity index (χ3n) is 5.54. The number of nitrogens with zero attached hydrogens (tertiary/aromatic N) is 3. The van der Waals surface area contributed by atoms with Gasteiger partial charge in [-0.25, -0.2) is 13.2 Å². The highest BCUT2D eigenvalue weighted by molar-refractivity contribution is 7.89. The number of rotatable bonds is 10. The molecule has 3 atom stereocenters. The number of carbonyl (C=O) groups is 3. The van der Waals surface area contributed by atoms with Crippen molar-refractivity contribution in [3.8, 4) is 6.07 Å². The van der Waals surface area contributed by atoms with Crippen LogP contribution in [0, 0.1) is 18.3 Å². The van der Waals surface area contributed by atoms with Gasteiger partial charge < -0.3 is 20.1 Å². The summed E-state index contributed by atoms with van der Waals surface area (Å²) in [5.74, 6) is -1.40. The first-order chi connectivity index (χ1) is 16.5. The SMILES string of the molecule is CC(=O)OC(C)OC(=O)N([C@@H](CCCCN)C(=O)N1CCC[C@H]1C#N)S(=O)(=O)c1ccc(C)cc1. The van der Waals surface area contributed by atoms with Gasteiger partial charge in [-0.15, -0.1) is 0 Å². The molecule has 0 bridgehead atoms. The second kappa shape index (κ2) is 12.5. The molecule has 12 heteroatoms. The fraction of sp³-hybridized carbons (Fsp3) is 0.565. The Morgan fingerprint density at radius 1 is 1.23 bits per heavy atom. The van der Waals surface area contributed by atoms with Crippen LogP contribution < -0.4 is 5.73 Å². The van der Waals surface area contributed by atoms with Crippen molar-refractivity contribution in [1.82, 2.24) is 9.21 Å². The van der Waals surface area contributed by atoms with Gasteiger partial charge in [0.05, 0.1) is 11.0 Å². The normalized spacial score (nSPS) is 17.2. The van der Waals surface area contributed by atoms with E-state index in [2.05, 4.69) is 6.07 Å². The van der Waals surface area contributed by atoms with Gasteiger partial charge in [-0.1, -0.05) is 17.7 Å². The summed E-state index contributed by atoms with van der Waals surface area (Å²) in [5.41, 5.74) is 6.38. The number of esters is 1. The molecule has 1 fully saturated rings. The number of nitrogens with two attached hydrogens (primary N) is 1. The smallest absolute Gasteiger partial charge is 0.426 e. The molecule has 35 heavy (non-hydrogen) atoms. The van der Waals surface area contributed by atoms with Crippen LogP contribution in [0.3, 0.4) is 0 Å². The summed E-state index contributed by atoms with van der Waals surface area (Å²) in [4.78, 5) is 39.2. The van der Waals surface area contributed by atoms with E-state index in [0.29, 0.717) is 36.5 Å². The lowest BCUT2D eigenvalue weighted by atomic mass is 10.1. The standard InChI is InChI=1S/C23H32N4O7S/c1-16-9-11-20(12-10-16)35(31,32)27(23(30)34-18(3)33-17(2)28)21(8-4-5-13-24)22(29)26-14-6-7-19(26)15-25/h9-12,18-19,21H,4-8,13-14,24H2,1-3H3/t18?,19-,21-/m0/s1. The maximum atomic E-state index is 13.7. The third-order valence-corrected chi connectivity index (χ3v) is 7.33. The highest BCUT2D eigenvalue weighted by atomic mass is 32.2. The van der Waals surface area contributed by atoms with Crippen LogP contribution in [0.2, 0.25) is 0 Å².